The molecule has 178 valence electrons. The highest BCUT2D eigenvalue weighted by Crippen LogP contribution is 2.42. The molecule has 5 rings (SSSR count). The summed E-state index contributed by atoms with van der Waals surface area (Å²) in [5.74, 6) is 0.922. The summed E-state index contributed by atoms with van der Waals surface area (Å²) >= 11 is 6.13. The molecule has 2 amide bonds. The van der Waals surface area contributed by atoms with Crippen LogP contribution in [0, 0.1) is 12.8 Å². The monoisotopic (exact) mass is 482 g/mol. The number of hydrogen-bond donors (Lipinski definition) is 0. The van der Waals surface area contributed by atoms with E-state index in [-0.39, 0.29) is 36.4 Å². The molecule has 1 spiro atoms. The minimum atomic E-state index is -0.597. The second-order valence-electron chi connectivity index (χ2n) is 9.41. The van der Waals surface area contributed by atoms with E-state index in [1.54, 1.807) is 36.3 Å². The lowest BCUT2D eigenvalue weighted by atomic mass is 9.81. The summed E-state index contributed by atoms with van der Waals surface area (Å²) in [7, 11) is 1.59. The summed E-state index contributed by atoms with van der Waals surface area (Å²) in [5.41, 5.74) is 1.55. The second kappa shape index (κ2) is 8.62. The highest BCUT2D eigenvalue weighted by molar-refractivity contribution is 6.31. The van der Waals surface area contributed by atoms with Crippen molar-refractivity contribution in [2.45, 2.75) is 38.2 Å². The lowest BCUT2D eigenvalue weighted by Crippen LogP contribution is -2.53. The maximum atomic E-state index is 13.3. The summed E-state index contributed by atoms with van der Waals surface area (Å²) in [6, 6.07) is 10.8. The van der Waals surface area contributed by atoms with Crippen LogP contribution in [-0.2, 0) is 9.59 Å². The van der Waals surface area contributed by atoms with Crippen molar-refractivity contribution in [1.82, 2.24) is 4.90 Å². The lowest BCUT2D eigenvalue weighted by molar-refractivity contribution is -0.139. The normalized spacial score (nSPS) is 21.4. The van der Waals surface area contributed by atoms with E-state index in [1.165, 1.54) is 0 Å². The van der Waals surface area contributed by atoms with Gasteiger partial charge in [0, 0.05) is 49.6 Å². The number of aryl methyl sites for hydroxylation is 1. The zero-order chi connectivity index (χ0) is 24.0. The zero-order valence-electron chi connectivity index (χ0n) is 19.3. The third-order valence-electron chi connectivity index (χ3n) is 7.19. The van der Waals surface area contributed by atoms with Gasteiger partial charge in [0.2, 0.25) is 11.8 Å². The molecule has 2 aromatic rings. The summed E-state index contributed by atoms with van der Waals surface area (Å²) in [6.45, 7) is 3.26. The van der Waals surface area contributed by atoms with E-state index in [2.05, 4.69) is 0 Å². The minimum Gasteiger partial charge on any atom is -0.497 e. The van der Waals surface area contributed by atoms with E-state index in [4.69, 9.17) is 21.1 Å². The Hall–Kier alpha value is -3.06. The van der Waals surface area contributed by atoms with Gasteiger partial charge >= 0.3 is 0 Å². The highest BCUT2D eigenvalue weighted by Gasteiger charge is 2.46. The van der Waals surface area contributed by atoms with Crippen LogP contribution in [0.5, 0.6) is 11.5 Å². The van der Waals surface area contributed by atoms with Crippen molar-refractivity contribution in [2.75, 3.05) is 31.6 Å². The van der Waals surface area contributed by atoms with Crippen molar-refractivity contribution < 1.29 is 23.9 Å². The first-order valence-electron chi connectivity index (χ1n) is 11.5. The van der Waals surface area contributed by atoms with Crippen LogP contribution in [0.1, 0.15) is 41.6 Å². The molecule has 0 saturated carbocycles. The molecule has 3 aliphatic rings. The Morgan fingerprint density at radius 3 is 2.53 bits per heavy atom. The van der Waals surface area contributed by atoms with Gasteiger partial charge in [-0.2, -0.15) is 0 Å². The Morgan fingerprint density at radius 1 is 1.15 bits per heavy atom. The van der Waals surface area contributed by atoms with Gasteiger partial charge in [0.1, 0.15) is 17.1 Å². The van der Waals surface area contributed by atoms with Gasteiger partial charge < -0.3 is 19.3 Å². The molecule has 2 saturated heterocycles. The molecule has 0 N–H and O–H groups in total. The predicted molar refractivity (Wildman–Crippen MR) is 128 cm³/mol. The van der Waals surface area contributed by atoms with Crippen LogP contribution in [0.15, 0.2) is 36.4 Å². The number of nitrogens with zero attached hydrogens (tertiary/aromatic N) is 2. The van der Waals surface area contributed by atoms with Crippen molar-refractivity contribution in [3.8, 4) is 11.5 Å². The molecule has 2 fully saturated rings. The largest absolute Gasteiger partial charge is 0.497 e. The fraction of sp³-hybridized carbons (Fsp3) is 0.423. The first kappa shape index (κ1) is 22.7. The summed E-state index contributed by atoms with van der Waals surface area (Å²) in [6.07, 6.45) is 1.65. The molecule has 3 aliphatic heterocycles. The first-order chi connectivity index (χ1) is 16.3. The van der Waals surface area contributed by atoms with E-state index >= 15 is 0 Å². The molecule has 8 heteroatoms. The maximum absolute atomic E-state index is 13.3. The number of rotatable bonds is 3. The topological polar surface area (TPSA) is 76.2 Å². The summed E-state index contributed by atoms with van der Waals surface area (Å²) < 4.78 is 11.6. The number of halogens is 1. The minimum absolute atomic E-state index is 0.00953. The molecule has 1 unspecified atom stereocenters. The zero-order valence-corrected chi connectivity index (χ0v) is 20.1. The van der Waals surface area contributed by atoms with Gasteiger partial charge in [-0.15, -0.1) is 0 Å². The smallest absolute Gasteiger partial charge is 0.228 e. The number of ketones is 1. The Kier molecular flexibility index (Phi) is 5.76. The number of benzene rings is 2. The highest BCUT2D eigenvalue weighted by atomic mass is 35.5. The van der Waals surface area contributed by atoms with Gasteiger partial charge in [0.05, 0.1) is 25.0 Å². The number of piperidine rings is 1. The predicted octanol–water partition coefficient (Wildman–Crippen LogP) is 4.04. The van der Waals surface area contributed by atoms with Gasteiger partial charge in [-0.25, -0.2) is 0 Å². The van der Waals surface area contributed by atoms with Gasteiger partial charge in [-0.1, -0.05) is 11.6 Å². The number of carbonyl (C=O) groups is 3. The fourth-order valence-corrected chi connectivity index (χ4v) is 5.54. The number of ether oxygens (including phenoxy) is 2. The number of fused-ring (bicyclic) bond motifs is 1. The van der Waals surface area contributed by atoms with Crippen LogP contribution in [0.2, 0.25) is 5.02 Å². The Labute approximate surface area is 203 Å². The van der Waals surface area contributed by atoms with Crippen molar-refractivity contribution in [2.24, 2.45) is 5.92 Å². The van der Waals surface area contributed by atoms with Crippen LogP contribution >= 0.6 is 11.6 Å². The Bertz CT molecular complexity index is 1150. The standard InChI is InChI=1S/C26H27ClN2O5/c1-16-11-18(27)13-21-22(30)14-26(34-24(16)21)7-9-28(10-8-26)25(32)17-12-23(31)29(15-17)19-3-5-20(33-2)6-4-19/h3-6,11,13,17H,7-10,12,14-15H2,1-2H3. The van der Waals surface area contributed by atoms with Crippen LogP contribution in [0.3, 0.4) is 0 Å². The molecule has 34 heavy (non-hydrogen) atoms. The van der Waals surface area contributed by atoms with Crippen molar-refractivity contribution in [1.29, 1.82) is 0 Å². The second-order valence-corrected chi connectivity index (χ2v) is 9.85. The number of methoxy groups -OCH3 is 1. The molecule has 0 aromatic heterocycles. The van der Waals surface area contributed by atoms with Crippen molar-refractivity contribution in [3.63, 3.8) is 0 Å². The van der Waals surface area contributed by atoms with Gasteiger partial charge in [-0.05, 0) is 48.9 Å². The first-order valence-corrected chi connectivity index (χ1v) is 11.9. The molecule has 0 bridgehead atoms. The summed E-state index contributed by atoms with van der Waals surface area (Å²) in [5, 5.41) is 0.527. The van der Waals surface area contributed by atoms with Crippen molar-refractivity contribution >= 4 is 34.9 Å². The van der Waals surface area contributed by atoms with Crippen molar-refractivity contribution in [3.05, 3.63) is 52.5 Å². The van der Waals surface area contributed by atoms with E-state index < -0.39 is 5.60 Å². The Morgan fingerprint density at radius 2 is 1.85 bits per heavy atom. The molecule has 2 aromatic carbocycles. The molecule has 1 atom stereocenters. The van der Waals surface area contributed by atoms with Gasteiger partial charge in [-0.3, -0.25) is 14.4 Å². The fourth-order valence-electron chi connectivity index (χ4n) is 5.27. The number of anilines is 1. The number of amides is 2. The third-order valence-corrected chi connectivity index (χ3v) is 7.40. The Balaban J connectivity index is 1.24. The van der Waals surface area contributed by atoms with E-state index in [0.717, 1.165) is 17.0 Å². The van der Waals surface area contributed by atoms with E-state index in [1.807, 2.05) is 24.0 Å². The maximum Gasteiger partial charge on any atom is 0.228 e. The number of likely N-dealkylation sites (tertiary alicyclic amines) is 1. The van der Waals surface area contributed by atoms with Crippen LogP contribution in [0.25, 0.3) is 0 Å². The number of carbonyl (C=O) groups excluding carboxylic acids is 3. The van der Waals surface area contributed by atoms with E-state index in [0.29, 0.717) is 48.8 Å². The van der Waals surface area contributed by atoms with Gasteiger partial charge in [0.25, 0.3) is 0 Å². The van der Waals surface area contributed by atoms with Crippen LogP contribution in [-0.4, -0.2) is 54.8 Å². The molecule has 0 radical (unpaired) electrons. The molecular formula is C26H27ClN2O5. The molecule has 3 heterocycles. The number of Topliss-reactive ketones (excluding diaryl/α,β-unsaturated/α-hetero) is 1. The van der Waals surface area contributed by atoms with Gasteiger partial charge in [0.15, 0.2) is 5.78 Å². The average molecular weight is 483 g/mol. The average Bonchev–Trinajstić information content (AvgIpc) is 3.22. The SMILES string of the molecule is COc1ccc(N2CC(C(=O)N3CCC4(CC3)CC(=O)c3cc(Cl)cc(C)c3O4)CC2=O)cc1. The summed E-state index contributed by atoms with van der Waals surface area (Å²) in [4.78, 5) is 42.2. The molecular weight excluding hydrogens is 456 g/mol. The quantitative estimate of drug-likeness (QED) is 0.660. The molecule has 0 aliphatic carbocycles. The van der Waals surface area contributed by atoms with E-state index in [9.17, 15) is 14.4 Å². The van der Waals surface area contributed by atoms with Crippen LogP contribution in [0.4, 0.5) is 5.69 Å². The number of hydrogen-bond acceptors (Lipinski definition) is 5. The lowest BCUT2D eigenvalue weighted by Gasteiger charge is -2.44. The third kappa shape index (κ3) is 4.02. The molecule has 7 nitrogen and oxygen atoms in total. The van der Waals surface area contributed by atoms with Crippen LogP contribution < -0.4 is 14.4 Å².